The van der Waals surface area contributed by atoms with Crippen LogP contribution in [-0.4, -0.2) is 22.0 Å². The lowest BCUT2D eigenvalue weighted by Gasteiger charge is -2.08. The fourth-order valence-electron chi connectivity index (χ4n) is 2.16. The minimum Gasteiger partial charge on any atom is -0.396 e. The van der Waals surface area contributed by atoms with Gasteiger partial charge in [-0.15, -0.1) is 0 Å². The van der Waals surface area contributed by atoms with Gasteiger partial charge in [-0.2, -0.15) is 0 Å². The predicted octanol–water partition coefficient (Wildman–Crippen LogP) is 2.76. The zero-order chi connectivity index (χ0) is 15.0. The van der Waals surface area contributed by atoms with Crippen LogP contribution in [0.2, 0.25) is 0 Å². The lowest BCUT2D eigenvalue weighted by atomic mass is 10.0. The number of nitrogens with two attached hydrogens (primary N) is 1. The highest BCUT2D eigenvalue weighted by Gasteiger charge is 2.09. The molecular weight excluding hydrogens is 269 g/mol. The molecule has 0 amide bonds. The van der Waals surface area contributed by atoms with E-state index in [9.17, 15) is 4.39 Å². The van der Waals surface area contributed by atoms with E-state index in [0.717, 1.165) is 16.6 Å². The van der Waals surface area contributed by atoms with Gasteiger partial charge in [-0.1, -0.05) is 0 Å². The zero-order valence-corrected chi connectivity index (χ0v) is 11.7. The van der Waals surface area contributed by atoms with Gasteiger partial charge in [0.1, 0.15) is 11.3 Å². The Kier molecular flexibility index (Phi) is 3.13. The van der Waals surface area contributed by atoms with Gasteiger partial charge in [0.05, 0.1) is 23.1 Å². The Morgan fingerprint density at radius 3 is 2.71 bits per heavy atom. The van der Waals surface area contributed by atoms with Crippen molar-refractivity contribution >= 4 is 22.7 Å². The number of hydrogen-bond acceptors (Lipinski definition) is 5. The molecule has 0 aliphatic heterocycles. The van der Waals surface area contributed by atoms with Crippen LogP contribution in [0.25, 0.3) is 22.3 Å². The second kappa shape index (κ2) is 4.97. The SMILES string of the molecule is CNc1ncc2nc(-c3cc(N)c(F)cc3C)ccc2n1. The molecule has 0 aliphatic rings. The Balaban J connectivity index is 2.15. The van der Waals surface area contributed by atoms with Crippen LogP contribution < -0.4 is 11.1 Å². The number of hydrogen-bond donors (Lipinski definition) is 2. The largest absolute Gasteiger partial charge is 0.396 e. The standard InChI is InChI=1S/C15H14FN5/c1-8-5-10(16)11(17)6-9(8)12-3-4-13-14(20-12)7-19-15(18-2)21-13/h3-7H,17H2,1-2H3,(H,18,19,21). The van der Waals surface area contributed by atoms with E-state index in [1.807, 2.05) is 19.1 Å². The number of benzene rings is 1. The molecule has 6 heteroatoms. The van der Waals surface area contributed by atoms with Crippen molar-refractivity contribution in [3.8, 4) is 11.3 Å². The number of fused-ring (bicyclic) bond motifs is 1. The van der Waals surface area contributed by atoms with Gasteiger partial charge >= 0.3 is 0 Å². The molecule has 3 aromatic rings. The topological polar surface area (TPSA) is 76.7 Å². The first kappa shape index (κ1) is 13.2. The number of anilines is 2. The normalized spacial score (nSPS) is 10.8. The highest BCUT2D eigenvalue weighted by Crippen LogP contribution is 2.27. The molecule has 3 N–H and O–H groups in total. The maximum Gasteiger partial charge on any atom is 0.223 e. The van der Waals surface area contributed by atoms with E-state index in [-0.39, 0.29) is 5.69 Å². The smallest absolute Gasteiger partial charge is 0.223 e. The quantitative estimate of drug-likeness (QED) is 0.707. The minimum absolute atomic E-state index is 0.110. The molecule has 2 aromatic heterocycles. The monoisotopic (exact) mass is 283 g/mol. The van der Waals surface area contributed by atoms with Crippen LogP contribution in [0.4, 0.5) is 16.0 Å². The first-order valence-corrected chi connectivity index (χ1v) is 6.46. The first-order chi connectivity index (χ1) is 10.1. The van der Waals surface area contributed by atoms with Crippen molar-refractivity contribution in [1.82, 2.24) is 15.0 Å². The average Bonchev–Trinajstić information content (AvgIpc) is 2.50. The third-order valence-electron chi connectivity index (χ3n) is 3.28. The van der Waals surface area contributed by atoms with Gasteiger partial charge in [-0.3, -0.25) is 0 Å². The van der Waals surface area contributed by atoms with Crippen molar-refractivity contribution in [2.24, 2.45) is 0 Å². The van der Waals surface area contributed by atoms with Gasteiger partial charge in [0.25, 0.3) is 0 Å². The number of rotatable bonds is 2. The Bertz CT molecular complexity index is 832. The Morgan fingerprint density at radius 1 is 1.14 bits per heavy atom. The molecule has 0 fully saturated rings. The maximum absolute atomic E-state index is 13.4. The Labute approximate surface area is 121 Å². The van der Waals surface area contributed by atoms with E-state index in [1.54, 1.807) is 19.3 Å². The van der Waals surface area contributed by atoms with Crippen LogP contribution in [0.1, 0.15) is 5.56 Å². The van der Waals surface area contributed by atoms with Crippen LogP contribution in [0.3, 0.4) is 0 Å². The molecule has 0 atom stereocenters. The van der Waals surface area contributed by atoms with Crippen molar-refractivity contribution in [3.63, 3.8) is 0 Å². The maximum atomic E-state index is 13.4. The van der Waals surface area contributed by atoms with Gasteiger partial charge < -0.3 is 11.1 Å². The van der Waals surface area contributed by atoms with E-state index >= 15 is 0 Å². The van der Waals surface area contributed by atoms with Gasteiger partial charge in [0.15, 0.2) is 0 Å². The van der Waals surface area contributed by atoms with Crippen molar-refractivity contribution < 1.29 is 4.39 Å². The molecule has 5 nitrogen and oxygen atoms in total. The summed E-state index contributed by atoms with van der Waals surface area (Å²) in [4.78, 5) is 13.0. The van der Waals surface area contributed by atoms with Gasteiger partial charge in [0, 0.05) is 12.6 Å². The van der Waals surface area contributed by atoms with Crippen LogP contribution in [0.5, 0.6) is 0 Å². The van der Waals surface area contributed by atoms with Gasteiger partial charge in [-0.05, 0) is 36.8 Å². The number of aryl methyl sites for hydroxylation is 1. The Morgan fingerprint density at radius 2 is 1.95 bits per heavy atom. The summed E-state index contributed by atoms with van der Waals surface area (Å²) in [5, 5.41) is 2.88. The number of nitrogens with zero attached hydrogens (tertiary/aromatic N) is 3. The summed E-state index contributed by atoms with van der Waals surface area (Å²) in [7, 11) is 1.76. The lowest BCUT2D eigenvalue weighted by Crippen LogP contribution is -1.98. The van der Waals surface area contributed by atoms with E-state index in [0.29, 0.717) is 17.2 Å². The summed E-state index contributed by atoms with van der Waals surface area (Å²) in [6.07, 6.45) is 1.65. The predicted molar refractivity (Wildman–Crippen MR) is 81.4 cm³/mol. The second-order valence-electron chi connectivity index (χ2n) is 4.73. The third-order valence-corrected chi connectivity index (χ3v) is 3.28. The van der Waals surface area contributed by atoms with E-state index in [1.165, 1.54) is 6.07 Å². The Hall–Kier alpha value is -2.76. The molecule has 0 saturated heterocycles. The van der Waals surface area contributed by atoms with Crippen LogP contribution in [0, 0.1) is 12.7 Å². The molecule has 0 spiro atoms. The summed E-state index contributed by atoms with van der Waals surface area (Å²) in [5.74, 6) is 0.123. The van der Waals surface area contributed by atoms with Crippen LogP contribution in [0.15, 0.2) is 30.5 Å². The zero-order valence-electron chi connectivity index (χ0n) is 11.7. The van der Waals surface area contributed by atoms with E-state index in [2.05, 4.69) is 20.3 Å². The first-order valence-electron chi connectivity index (χ1n) is 6.46. The average molecular weight is 283 g/mol. The summed E-state index contributed by atoms with van der Waals surface area (Å²) in [5.41, 5.74) is 9.46. The minimum atomic E-state index is -0.418. The lowest BCUT2D eigenvalue weighted by molar-refractivity contribution is 0.631. The molecule has 0 bridgehead atoms. The number of aromatic nitrogens is 3. The van der Waals surface area contributed by atoms with Crippen molar-refractivity contribution in [3.05, 3.63) is 41.8 Å². The molecule has 0 radical (unpaired) electrons. The van der Waals surface area contributed by atoms with E-state index < -0.39 is 5.82 Å². The molecule has 3 rings (SSSR count). The van der Waals surface area contributed by atoms with Crippen LogP contribution in [-0.2, 0) is 0 Å². The number of nitrogens with one attached hydrogen (secondary N) is 1. The summed E-state index contributed by atoms with van der Waals surface area (Å²) in [6, 6.07) is 6.71. The summed E-state index contributed by atoms with van der Waals surface area (Å²) < 4.78 is 13.4. The molecule has 0 aliphatic carbocycles. The van der Waals surface area contributed by atoms with Gasteiger partial charge in [-0.25, -0.2) is 19.3 Å². The number of nitrogen functional groups attached to an aromatic ring is 1. The molecule has 21 heavy (non-hydrogen) atoms. The molecule has 106 valence electrons. The van der Waals surface area contributed by atoms with Gasteiger partial charge in [0.2, 0.25) is 5.95 Å². The summed E-state index contributed by atoms with van der Waals surface area (Å²) >= 11 is 0. The van der Waals surface area contributed by atoms with Crippen molar-refractivity contribution in [2.75, 3.05) is 18.1 Å². The van der Waals surface area contributed by atoms with Crippen molar-refractivity contribution in [2.45, 2.75) is 6.92 Å². The van der Waals surface area contributed by atoms with Crippen LogP contribution >= 0.6 is 0 Å². The fraction of sp³-hybridized carbons (Fsp3) is 0.133. The molecule has 0 unspecified atom stereocenters. The highest BCUT2D eigenvalue weighted by molar-refractivity contribution is 5.79. The summed E-state index contributed by atoms with van der Waals surface area (Å²) in [6.45, 7) is 1.82. The molecule has 2 heterocycles. The molecule has 0 saturated carbocycles. The van der Waals surface area contributed by atoms with Crippen molar-refractivity contribution in [1.29, 1.82) is 0 Å². The molecular formula is C15H14FN5. The second-order valence-corrected chi connectivity index (χ2v) is 4.73. The van der Waals surface area contributed by atoms with E-state index in [4.69, 9.17) is 5.73 Å². The number of halogens is 1. The molecule has 1 aromatic carbocycles. The highest BCUT2D eigenvalue weighted by atomic mass is 19.1. The number of pyridine rings is 1. The fourth-order valence-corrected chi connectivity index (χ4v) is 2.16. The third kappa shape index (κ3) is 2.35.